The second kappa shape index (κ2) is 7.61. The molecule has 2 nitrogen and oxygen atoms in total. The molecule has 0 aliphatic carbocycles. The van der Waals surface area contributed by atoms with Gasteiger partial charge in [0.05, 0.1) is 0 Å². The monoisotopic (exact) mass is 266 g/mol. The Labute approximate surface area is 116 Å². The van der Waals surface area contributed by atoms with E-state index in [4.69, 9.17) is 5.73 Å². The van der Waals surface area contributed by atoms with Gasteiger partial charge in [0, 0.05) is 12.6 Å². The number of nitrogens with one attached hydrogen (secondary N) is 1. The third-order valence-electron chi connectivity index (χ3n) is 3.82. The Morgan fingerprint density at radius 1 is 1.05 bits per heavy atom. The van der Waals surface area contributed by atoms with E-state index in [1.165, 1.54) is 12.1 Å². The van der Waals surface area contributed by atoms with Crippen LogP contribution in [-0.4, -0.2) is 13.1 Å². The molecule has 0 saturated heterocycles. The van der Waals surface area contributed by atoms with Gasteiger partial charge >= 0.3 is 0 Å². The summed E-state index contributed by atoms with van der Waals surface area (Å²) in [6.07, 6.45) is 0. The Morgan fingerprint density at radius 2 is 1.58 bits per heavy atom. The highest BCUT2D eigenvalue weighted by Crippen LogP contribution is 2.21. The summed E-state index contributed by atoms with van der Waals surface area (Å²) in [5, 5.41) is 3.52. The maximum Gasteiger partial charge on any atom is 0.123 e. The summed E-state index contributed by atoms with van der Waals surface area (Å²) in [4.78, 5) is 0. The van der Waals surface area contributed by atoms with Crippen LogP contribution in [-0.2, 0) is 0 Å². The van der Waals surface area contributed by atoms with Crippen LogP contribution in [0.4, 0.5) is 4.39 Å². The first-order chi connectivity index (χ1) is 8.95. The Kier molecular flexibility index (Phi) is 6.46. The van der Waals surface area contributed by atoms with Crippen LogP contribution in [0.25, 0.3) is 0 Å². The molecule has 0 radical (unpaired) electrons. The van der Waals surface area contributed by atoms with Gasteiger partial charge in [0.2, 0.25) is 0 Å². The molecule has 0 bridgehead atoms. The molecule has 0 spiro atoms. The third-order valence-corrected chi connectivity index (χ3v) is 3.82. The fourth-order valence-corrected chi connectivity index (χ4v) is 2.55. The molecule has 0 amide bonds. The van der Waals surface area contributed by atoms with Gasteiger partial charge < -0.3 is 11.1 Å². The maximum absolute atomic E-state index is 12.9. The van der Waals surface area contributed by atoms with Gasteiger partial charge in [0.1, 0.15) is 5.82 Å². The van der Waals surface area contributed by atoms with Crippen molar-refractivity contribution in [1.82, 2.24) is 5.32 Å². The predicted molar refractivity (Wildman–Crippen MR) is 79.4 cm³/mol. The zero-order chi connectivity index (χ0) is 14.4. The van der Waals surface area contributed by atoms with E-state index in [0.29, 0.717) is 24.3 Å². The van der Waals surface area contributed by atoms with Crippen LogP contribution < -0.4 is 11.1 Å². The summed E-state index contributed by atoms with van der Waals surface area (Å²) >= 11 is 0. The Balaban J connectivity index is 2.64. The standard InChI is InChI=1S/C16H27FN2/c1-11(2)15(12(3)4)10-19-16(9-18)13-5-7-14(17)8-6-13/h5-8,11-12,15-16,19H,9-10,18H2,1-4H3. The van der Waals surface area contributed by atoms with Crippen LogP contribution in [0.15, 0.2) is 24.3 Å². The van der Waals surface area contributed by atoms with Gasteiger partial charge in [0.15, 0.2) is 0 Å². The van der Waals surface area contributed by atoms with Gasteiger partial charge in [-0.25, -0.2) is 4.39 Å². The van der Waals surface area contributed by atoms with Gasteiger partial charge in [-0.05, 0) is 42.0 Å². The fourth-order valence-electron chi connectivity index (χ4n) is 2.55. The molecular weight excluding hydrogens is 239 g/mol. The second-order valence-corrected chi connectivity index (χ2v) is 5.90. The van der Waals surface area contributed by atoms with Crippen LogP contribution in [0.2, 0.25) is 0 Å². The molecule has 108 valence electrons. The van der Waals surface area contributed by atoms with Crippen molar-refractivity contribution >= 4 is 0 Å². The molecule has 0 heterocycles. The van der Waals surface area contributed by atoms with Crippen LogP contribution in [0, 0.1) is 23.6 Å². The minimum absolute atomic E-state index is 0.0978. The summed E-state index contributed by atoms with van der Waals surface area (Å²) in [5.74, 6) is 1.69. The lowest BCUT2D eigenvalue weighted by molar-refractivity contribution is 0.266. The molecule has 0 aliphatic rings. The van der Waals surface area contributed by atoms with Crippen molar-refractivity contribution in [2.75, 3.05) is 13.1 Å². The Hall–Kier alpha value is -0.930. The van der Waals surface area contributed by atoms with Crippen molar-refractivity contribution in [2.24, 2.45) is 23.5 Å². The molecule has 19 heavy (non-hydrogen) atoms. The van der Waals surface area contributed by atoms with Gasteiger partial charge in [-0.1, -0.05) is 39.8 Å². The van der Waals surface area contributed by atoms with Crippen LogP contribution in [0.1, 0.15) is 39.3 Å². The van der Waals surface area contributed by atoms with Crippen molar-refractivity contribution in [2.45, 2.75) is 33.7 Å². The number of nitrogens with two attached hydrogens (primary N) is 1. The molecule has 1 aromatic carbocycles. The Bertz CT molecular complexity index is 352. The van der Waals surface area contributed by atoms with Crippen molar-refractivity contribution in [1.29, 1.82) is 0 Å². The molecule has 0 aliphatic heterocycles. The lowest BCUT2D eigenvalue weighted by Gasteiger charge is -2.28. The average molecular weight is 266 g/mol. The molecule has 1 aromatic rings. The van der Waals surface area contributed by atoms with Crippen molar-refractivity contribution in [3.63, 3.8) is 0 Å². The molecule has 1 unspecified atom stereocenters. The molecule has 0 aromatic heterocycles. The predicted octanol–water partition coefficient (Wildman–Crippen LogP) is 3.34. The quantitative estimate of drug-likeness (QED) is 0.794. The summed E-state index contributed by atoms with van der Waals surface area (Å²) in [6.45, 7) is 10.5. The first kappa shape index (κ1) is 16.1. The number of hydrogen-bond donors (Lipinski definition) is 2. The van der Waals surface area contributed by atoms with E-state index in [9.17, 15) is 4.39 Å². The molecule has 0 saturated carbocycles. The minimum Gasteiger partial charge on any atom is -0.329 e. The van der Waals surface area contributed by atoms with E-state index in [-0.39, 0.29) is 11.9 Å². The van der Waals surface area contributed by atoms with Crippen LogP contribution in [0.5, 0.6) is 0 Å². The van der Waals surface area contributed by atoms with Crippen molar-refractivity contribution in [3.8, 4) is 0 Å². The lowest BCUT2D eigenvalue weighted by atomic mass is 9.85. The summed E-state index contributed by atoms with van der Waals surface area (Å²) in [5.41, 5.74) is 6.88. The first-order valence-electron chi connectivity index (χ1n) is 7.14. The van der Waals surface area contributed by atoms with Crippen molar-refractivity contribution in [3.05, 3.63) is 35.6 Å². The Morgan fingerprint density at radius 3 is 2.00 bits per heavy atom. The van der Waals surface area contributed by atoms with Crippen LogP contribution >= 0.6 is 0 Å². The van der Waals surface area contributed by atoms with E-state index in [2.05, 4.69) is 33.0 Å². The maximum atomic E-state index is 12.9. The summed E-state index contributed by atoms with van der Waals surface area (Å²) < 4.78 is 12.9. The second-order valence-electron chi connectivity index (χ2n) is 5.90. The molecule has 3 N–H and O–H groups in total. The largest absolute Gasteiger partial charge is 0.329 e. The molecule has 0 fully saturated rings. The summed E-state index contributed by atoms with van der Waals surface area (Å²) in [7, 11) is 0. The highest BCUT2D eigenvalue weighted by molar-refractivity contribution is 5.20. The normalized spacial score (nSPS) is 13.5. The van der Waals surface area contributed by atoms with E-state index in [1.807, 2.05) is 0 Å². The highest BCUT2D eigenvalue weighted by atomic mass is 19.1. The molecular formula is C16H27FN2. The van der Waals surface area contributed by atoms with Gasteiger partial charge in [0.25, 0.3) is 0 Å². The number of rotatable bonds is 7. The fraction of sp³-hybridized carbons (Fsp3) is 0.625. The first-order valence-corrected chi connectivity index (χ1v) is 7.14. The van der Waals surface area contributed by atoms with E-state index < -0.39 is 0 Å². The molecule has 1 atom stereocenters. The zero-order valence-electron chi connectivity index (χ0n) is 12.5. The number of halogens is 1. The van der Waals surface area contributed by atoms with E-state index in [1.54, 1.807) is 12.1 Å². The van der Waals surface area contributed by atoms with Crippen molar-refractivity contribution < 1.29 is 4.39 Å². The molecule has 3 heteroatoms. The topological polar surface area (TPSA) is 38.0 Å². The van der Waals surface area contributed by atoms with E-state index >= 15 is 0 Å². The average Bonchev–Trinajstić information content (AvgIpc) is 2.35. The third kappa shape index (κ3) is 4.92. The number of hydrogen-bond acceptors (Lipinski definition) is 2. The van der Waals surface area contributed by atoms with Gasteiger partial charge in [-0.2, -0.15) is 0 Å². The molecule has 1 rings (SSSR count). The zero-order valence-corrected chi connectivity index (χ0v) is 12.5. The van der Waals surface area contributed by atoms with Gasteiger partial charge in [-0.15, -0.1) is 0 Å². The lowest BCUT2D eigenvalue weighted by Crippen LogP contribution is -2.35. The van der Waals surface area contributed by atoms with E-state index in [0.717, 1.165) is 12.1 Å². The minimum atomic E-state index is -0.207. The smallest absolute Gasteiger partial charge is 0.123 e. The highest BCUT2D eigenvalue weighted by Gasteiger charge is 2.19. The SMILES string of the molecule is CC(C)C(CNC(CN)c1ccc(F)cc1)C(C)C. The van der Waals surface area contributed by atoms with Gasteiger partial charge in [-0.3, -0.25) is 0 Å². The van der Waals surface area contributed by atoms with Crippen LogP contribution in [0.3, 0.4) is 0 Å². The number of benzene rings is 1. The summed E-state index contributed by atoms with van der Waals surface area (Å²) in [6, 6.07) is 6.68.